The van der Waals surface area contributed by atoms with Gasteiger partial charge in [-0.05, 0) is 0 Å². The van der Waals surface area contributed by atoms with Crippen LogP contribution in [-0.4, -0.2) is 152 Å². The summed E-state index contributed by atoms with van der Waals surface area (Å²) in [7, 11) is 0. The number of aromatic nitrogens is 1. The number of rotatable bonds is 9. The van der Waals surface area contributed by atoms with Crippen LogP contribution in [0, 0.1) is 0 Å². The van der Waals surface area contributed by atoms with Gasteiger partial charge in [-0.1, -0.05) is 0 Å². The van der Waals surface area contributed by atoms with E-state index in [-0.39, 0.29) is 78.5 Å². The first-order chi connectivity index (χ1) is 16.5. The largest absolute Gasteiger partial charge is 0.492 e. The van der Waals surface area contributed by atoms with Gasteiger partial charge in [-0.3, -0.25) is 34.0 Å². The summed E-state index contributed by atoms with van der Waals surface area (Å²) in [5.74, 6) is -4.92. The fourth-order valence-corrected chi connectivity index (χ4v) is 3.59. The number of hydrogen-bond donors (Lipinski definition) is 5. The third-order valence-corrected chi connectivity index (χ3v) is 5.35. The Labute approximate surface area is 200 Å². The highest BCUT2D eigenvalue weighted by Gasteiger charge is 2.22. The van der Waals surface area contributed by atoms with Gasteiger partial charge in [-0.25, -0.2) is 4.79 Å². The topological polar surface area (TPSA) is 197 Å². The first-order valence-corrected chi connectivity index (χ1v) is 10.9. The Kier molecular flexibility index (Phi) is 10.7. The molecule has 1 aromatic heterocycles. The lowest BCUT2D eigenvalue weighted by atomic mass is 10.3. The van der Waals surface area contributed by atoms with Crippen LogP contribution in [0.1, 0.15) is 0 Å². The third-order valence-electron chi connectivity index (χ3n) is 5.35. The van der Waals surface area contributed by atoms with Crippen LogP contribution >= 0.6 is 0 Å². The van der Waals surface area contributed by atoms with E-state index in [4.69, 9.17) is 4.84 Å². The highest BCUT2D eigenvalue weighted by atomic mass is 16.7. The van der Waals surface area contributed by atoms with E-state index in [0.29, 0.717) is 4.73 Å². The molecule has 15 heteroatoms. The number of carboxylic acids is 3. The molecule has 5 N–H and O–H groups in total. The fourth-order valence-electron chi connectivity index (χ4n) is 3.59. The van der Waals surface area contributed by atoms with Crippen LogP contribution in [0.15, 0.2) is 12.1 Å². The van der Waals surface area contributed by atoms with Crippen molar-refractivity contribution in [3.05, 3.63) is 12.1 Å². The van der Waals surface area contributed by atoms with Crippen molar-refractivity contribution >= 4 is 23.9 Å². The SMILES string of the molecule is O=C(O)CN1CCN(CC(=O)O)CCN(CC(=O)On2c(O)ccc2O)CCN(CC(=O)O)CC1. The second-order valence-corrected chi connectivity index (χ2v) is 8.09. The number of nitrogens with zero attached hydrogens (tertiary/aromatic N) is 5. The molecule has 196 valence electrons. The molecule has 35 heavy (non-hydrogen) atoms. The Morgan fingerprint density at radius 2 is 0.886 bits per heavy atom. The normalized spacial score (nSPS) is 17.8. The number of carboxylic acid groups (broad SMARTS) is 3. The summed E-state index contributed by atoms with van der Waals surface area (Å²) in [5, 5.41) is 47.0. The zero-order valence-corrected chi connectivity index (χ0v) is 19.2. The van der Waals surface area contributed by atoms with Crippen LogP contribution < -0.4 is 4.84 Å². The molecule has 1 aliphatic heterocycles. The minimum absolute atomic E-state index is 0.228. The monoisotopic (exact) mass is 501 g/mol. The van der Waals surface area contributed by atoms with Gasteiger partial charge in [0.2, 0.25) is 11.8 Å². The standard InChI is InChI=1S/C20H31N5O10/c26-15-1-2-16(27)25(15)35-20(34)14-24-9-7-22(12-18(30)31)5-3-21(11-17(28)29)4-6-23(8-10-24)13-19(32)33/h1-2,26-27H,3-14H2,(H,28,29)(H,30,31)(H,32,33). The van der Waals surface area contributed by atoms with Gasteiger partial charge < -0.3 is 30.4 Å². The summed E-state index contributed by atoms with van der Waals surface area (Å²) < 4.78 is 0.559. The highest BCUT2D eigenvalue weighted by Crippen LogP contribution is 2.18. The van der Waals surface area contributed by atoms with Crippen molar-refractivity contribution in [2.75, 3.05) is 78.5 Å². The van der Waals surface area contributed by atoms with Crippen LogP contribution in [0.2, 0.25) is 0 Å². The van der Waals surface area contributed by atoms with Crippen LogP contribution in [-0.2, 0) is 19.2 Å². The maximum Gasteiger partial charge on any atom is 0.347 e. The zero-order chi connectivity index (χ0) is 26.0. The second-order valence-electron chi connectivity index (χ2n) is 8.09. The number of aromatic hydroxyl groups is 2. The highest BCUT2D eigenvalue weighted by molar-refractivity contribution is 5.72. The Balaban J connectivity index is 2.14. The number of carbonyl (C=O) groups is 4. The van der Waals surface area contributed by atoms with E-state index in [1.807, 2.05) is 0 Å². The third kappa shape index (κ3) is 10.2. The lowest BCUT2D eigenvalue weighted by molar-refractivity contribution is -0.147. The lowest BCUT2D eigenvalue weighted by Gasteiger charge is -2.32. The fraction of sp³-hybridized carbons (Fsp3) is 0.600. The maximum absolute atomic E-state index is 12.4. The van der Waals surface area contributed by atoms with Crippen LogP contribution in [0.25, 0.3) is 0 Å². The van der Waals surface area contributed by atoms with E-state index in [9.17, 15) is 44.7 Å². The summed E-state index contributed by atoms with van der Waals surface area (Å²) in [6, 6.07) is 2.28. The van der Waals surface area contributed by atoms with Crippen LogP contribution in [0.5, 0.6) is 11.8 Å². The Morgan fingerprint density at radius 1 is 0.600 bits per heavy atom. The average molecular weight is 501 g/mol. The molecular weight excluding hydrogens is 470 g/mol. The first-order valence-electron chi connectivity index (χ1n) is 10.9. The van der Waals surface area contributed by atoms with Gasteiger partial charge in [-0.2, -0.15) is 0 Å². The molecule has 0 bridgehead atoms. The molecule has 2 rings (SSSR count). The van der Waals surface area contributed by atoms with Crippen molar-refractivity contribution in [1.82, 2.24) is 24.3 Å². The molecule has 15 nitrogen and oxygen atoms in total. The van der Waals surface area contributed by atoms with Gasteiger partial charge in [0.25, 0.3) is 0 Å². The van der Waals surface area contributed by atoms with Crippen molar-refractivity contribution in [2.45, 2.75) is 0 Å². The van der Waals surface area contributed by atoms with E-state index in [1.165, 1.54) is 0 Å². The molecule has 0 saturated carbocycles. The van der Waals surface area contributed by atoms with Crippen molar-refractivity contribution in [2.24, 2.45) is 0 Å². The Hall–Kier alpha value is -3.40. The maximum atomic E-state index is 12.4. The predicted molar refractivity (Wildman–Crippen MR) is 118 cm³/mol. The van der Waals surface area contributed by atoms with Crippen molar-refractivity contribution in [3.8, 4) is 11.8 Å². The number of carbonyl (C=O) groups excluding carboxylic acids is 1. The summed E-state index contributed by atoms with van der Waals surface area (Å²) >= 11 is 0. The van der Waals surface area contributed by atoms with Crippen LogP contribution in [0.4, 0.5) is 0 Å². The number of hydrogen-bond acceptors (Lipinski definition) is 11. The van der Waals surface area contributed by atoms with E-state index in [0.717, 1.165) is 12.1 Å². The van der Waals surface area contributed by atoms with Crippen molar-refractivity contribution in [3.63, 3.8) is 0 Å². The molecule has 0 amide bonds. The van der Waals surface area contributed by atoms with E-state index < -0.39 is 35.6 Å². The number of aliphatic carboxylic acids is 3. The van der Waals surface area contributed by atoms with Gasteiger partial charge in [0.1, 0.15) is 0 Å². The molecule has 0 spiro atoms. The molecule has 1 aromatic rings. The molecule has 0 aromatic carbocycles. The molecule has 1 aliphatic rings. The lowest BCUT2D eigenvalue weighted by Crippen LogP contribution is -2.49. The first kappa shape index (κ1) is 27.8. The summed E-state index contributed by atoms with van der Waals surface area (Å²) in [6.45, 7) is 0.845. The molecule has 2 heterocycles. The average Bonchev–Trinajstić information content (AvgIpc) is 3.06. The smallest absolute Gasteiger partial charge is 0.347 e. The quantitative estimate of drug-likeness (QED) is 0.235. The molecule has 1 fully saturated rings. The predicted octanol–water partition coefficient (Wildman–Crippen LogP) is -2.67. The summed E-state index contributed by atoms with van der Waals surface area (Å²) in [5.41, 5.74) is 0. The van der Waals surface area contributed by atoms with Gasteiger partial charge in [-0.15, -0.1) is 4.73 Å². The minimum Gasteiger partial charge on any atom is -0.492 e. The molecule has 0 aliphatic carbocycles. The summed E-state index contributed by atoms with van der Waals surface area (Å²) in [6.07, 6.45) is 0. The zero-order valence-electron chi connectivity index (χ0n) is 19.2. The van der Waals surface area contributed by atoms with E-state index >= 15 is 0 Å². The Morgan fingerprint density at radius 3 is 1.17 bits per heavy atom. The molecule has 1 saturated heterocycles. The second kappa shape index (κ2) is 13.5. The molecule has 0 radical (unpaired) electrons. The molecule has 0 unspecified atom stereocenters. The van der Waals surface area contributed by atoms with Crippen molar-refractivity contribution < 1.29 is 49.5 Å². The van der Waals surface area contributed by atoms with Gasteiger partial charge >= 0.3 is 23.9 Å². The van der Waals surface area contributed by atoms with Gasteiger partial charge in [0.15, 0.2) is 0 Å². The van der Waals surface area contributed by atoms with E-state index in [1.54, 1.807) is 19.6 Å². The molecular formula is C20H31N5O10. The Bertz CT molecular complexity index is 840. The van der Waals surface area contributed by atoms with Gasteiger partial charge in [0, 0.05) is 64.5 Å². The summed E-state index contributed by atoms with van der Waals surface area (Å²) in [4.78, 5) is 57.8. The van der Waals surface area contributed by atoms with Gasteiger partial charge in [0.05, 0.1) is 26.2 Å². The molecule has 0 atom stereocenters. The minimum atomic E-state index is -1.06. The van der Waals surface area contributed by atoms with Crippen molar-refractivity contribution in [1.29, 1.82) is 0 Å². The van der Waals surface area contributed by atoms with Crippen LogP contribution in [0.3, 0.4) is 0 Å². The van der Waals surface area contributed by atoms with E-state index in [2.05, 4.69) is 0 Å².